The SMILES string of the molecule is C.C.C.CC(=O)Cc1nc2cc(C(C)C)ccc2o1.CC(=O)Cc1nc2cc(C(C)C)ccc2s1.CC(C)c1ccc2ccoc2c1.CC(C)c1ccc2ccoc2c1.CC(C)c1ccc2ccoc2c1.CC(C)c1ccc2ccsc2c1.CC(C)c1ccc2n[c-]sc2c1.CC(C)c1ccc2occc2c1.Cc1nc2ccc(C(C)C)cc2o1.[W]. The second kappa shape index (κ2) is 47.3. The summed E-state index contributed by atoms with van der Waals surface area (Å²) in [7, 11) is 0. The number of aryl methyl sites for hydroxylation is 1. The zero-order valence-corrected chi connectivity index (χ0v) is 77.5. The van der Waals surface area contributed by atoms with Gasteiger partial charge >= 0.3 is 0 Å². The van der Waals surface area contributed by atoms with Crippen LogP contribution in [0.15, 0.2) is 251 Å². The molecule has 9 aromatic carbocycles. The fourth-order valence-corrected chi connectivity index (χ4v) is 15.1. The third-order valence-corrected chi connectivity index (χ3v) is 22.6. The van der Waals surface area contributed by atoms with E-state index in [4.69, 9.17) is 26.5 Å². The number of oxazole rings is 2. The molecule has 0 saturated heterocycles. The summed E-state index contributed by atoms with van der Waals surface area (Å²) in [5.41, 5.74) is 24.3. The maximum absolute atomic E-state index is 11.0. The van der Waals surface area contributed by atoms with Crippen molar-refractivity contribution in [2.75, 3.05) is 0 Å². The Morgan fingerprint density at radius 2 is 0.711 bits per heavy atom. The van der Waals surface area contributed by atoms with Crippen LogP contribution >= 0.6 is 34.0 Å². The van der Waals surface area contributed by atoms with E-state index in [-0.39, 0.29) is 61.3 Å². The van der Waals surface area contributed by atoms with Gasteiger partial charge in [0.25, 0.3) is 0 Å². The molecule has 0 spiro atoms. The van der Waals surface area contributed by atoms with Gasteiger partial charge in [0.05, 0.1) is 48.1 Å². The van der Waals surface area contributed by atoms with Gasteiger partial charge in [0.1, 0.15) is 49.9 Å². The van der Waals surface area contributed by atoms with Gasteiger partial charge in [-0.1, -0.05) is 242 Å². The summed E-state index contributed by atoms with van der Waals surface area (Å²) in [6.45, 7) is 44.3. The van der Waals surface area contributed by atoms with Gasteiger partial charge in [-0.05, 0) is 231 Å². The first-order valence-electron chi connectivity index (χ1n) is 40.7. The summed E-state index contributed by atoms with van der Waals surface area (Å²) in [5.74, 6) is 6.52. The Morgan fingerprint density at radius 1 is 0.331 bits per heavy atom. The van der Waals surface area contributed by atoms with Crippen molar-refractivity contribution in [3.05, 3.63) is 297 Å². The number of hydrogen-bond donors (Lipinski definition) is 0. The first-order chi connectivity index (χ1) is 55.9. The number of fused-ring (bicyclic) bond motifs is 9. The van der Waals surface area contributed by atoms with Crippen molar-refractivity contribution in [1.82, 2.24) is 19.9 Å². The van der Waals surface area contributed by atoms with Gasteiger partial charge in [0, 0.05) is 54.2 Å². The molecule has 16 heteroatoms. The van der Waals surface area contributed by atoms with E-state index in [0.29, 0.717) is 65.6 Å². The molecule has 18 aromatic rings. The minimum Gasteiger partial charge on any atom is -0.464 e. The topological polar surface area (TPSA) is 165 Å². The predicted octanol–water partition coefficient (Wildman–Crippen LogP) is 33.3. The Bertz CT molecular complexity index is 5480. The predicted molar refractivity (Wildman–Crippen MR) is 513 cm³/mol. The number of furan rings is 4. The number of Topliss-reactive ketones (excluding diaryl/α,β-unsaturated/α-hetero) is 2. The van der Waals surface area contributed by atoms with Crippen LogP contribution in [-0.4, -0.2) is 31.5 Å². The molecule has 638 valence electrons. The number of rotatable bonds is 13. The summed E-state index contributed by atoms with van der Waals surface area (Å²) in [6.07, 6.45) is 7.65. The smallest absolute Gasteiger partial charge is 0.202 e. The first kappa shape index (κ1) is 99.7. The van der Waals surface area contributed by atoms with Crippen molar-refractivity contribution in [2.24, 2.45) is 0 Å². The number of hydrogen-bond acceptors (Lipinski definition) is 15. The molecule has 0 amide bonds. The summed E-state index contributed by atoms with van der Waals surface area (Å²) >= 11 is 5.02. The van der Waals surface area contributed by atoms with Crippen LogP contribution in [0.5, 0.6) is 0 Å². The molecular formula is C105H125N4O8S3W-. The van der Waals surface area contributed by atoms with Crippen LogP contribution in [0.2, 0.25) is 0 Å². The van der Waals surface area contributed by atoms with Gasteiger partial charge in [-0.25, -0.2) is 15.0 Å². The summed E-state index contributed by atoms with van der Waals surface area (Å²) < 4.78 is 35.9. The fraction of sp³-hybridized carbons (Fsp3) is 0.333. The fourth-order valence-electron chi connectivity index (χ4n) is 12.5. The molecule has 0 atom stereocenters. The normalized spacial score (nSPS) is 10.9. The van der Waals surface area contributed by atoms with Gasteiger partial charge in [0.2, 0.25) is 5.89 Å². The molecule has 0 fully saturated rings. The molecule has 9 heterocycles. The zero-order valence-electron chi connectivity index (χ0n) is 72.2. The molecule has 0 bridgehead atoms. The van der Waals surface area contributed by atoms with Crippen molar-refractivity contribution >= 4 is 142 Å². The molecule has 0 saturated carbocycles. The molecule has 0 radical (unpaired) electrons. The molecule has 0 N–H and O–H groups in total. The number of nitrogens with zero attached hydrogens (tertiary/aromatic N) is 4. The van der Waals surface area contributed by atoms with Crippen molar-refractivity contribution in [1.29, 1.82) is 0 Å². The molecule has 0 aliphatic carbocycles. The number of thiophene rings is 1. The van der Waals surface area contributed by atoms with Crippen LogP contribution in [-0.2, 0) is 43.5 Å². The Balaban J connectivity index is 0.000000210. The monoisotopic (exact) mass is 1850 g/mol. The van der Waals surface area contributed by atoms with E-state index >= 15 is 0 Å². The average Bonchev–Trinajstić information content (AvgIpc) is 1.68. The van der Waals surface area contributed by atoms with E-state index in [9.17, 15) is 9.59 Å². The van der Waals surface area contributed by atoms with Crippen molar-refractivity contribution < 1.29 is 57.2 Å². The van der Waals surface area contributed by atoms with E-state index in [1.54, 1.807) is 54.6 Å². The number of aromatic nitrogens is 4. The van der Waals surface area contributed by atoms with Crippen molar-refractivity contribution in [3.63, 3.8) is 0 Å². The second-order valence-corrected chi connectivity index (χ2v) is 35.3. The van der Waals surface area contributed by atoms with Gasteiger partial charge < -0.3 is 31.5 Å². The second-order valence-electron chi connectivity index (χ2n) is 32.4. The van der Waals surface area contributed by atoms with Crippen LogP contribution in [0.25, 0.3) is 96.6 Å². The average molecular weight is 1850 g/mol. The molecule has 121 heavy (non-hydrogen) atoms. The van der Waals surface area contributed by atoms with E-state index < -0.39 is 0 Å². The van der Waals surface area contributed by atoms with Gasteiger partial charge in [0.15, 0.2) is 17.1 Å². The number of carbonyl (C=O) groups is 2. The number of carbonyl (C=O) groups excluding carboxylic acids is 2. The van der Waals surface area contributed by atoms with Crippen LogP contribution in [0.4, 0.5) is 0 Å². The van der Waals surface area contributed by atoms with Crippen LogP contribution in [0.1, 0.15) is 281 Å². The maximum atomic E-state index is 11.0. The molecule has 0 unspecified atom stereocenters. The van der Waals surface area contributed by atoms with Crippen LogP contribution < -0.4 is 0 Å². The standard InChI is InChI=1S/C13H15NO2.C13H15NOS.C11H13NO.4C11H12O.C11H12S.C10H10NS.3CH4.W/c2*1-8(2)10-4-5-12-11(7-10)14-13(16-12)6-9(3)15;1-7(2)9-4-5-10-11(6-9)13-8(3)12-10;1-8(2)9-3-4-11-10(7-9)5-6-12-11;4*1-8(2)10-4-3-9-5-6-12-11(9)7-10;1-7(2)8-3-4-9-10(5-8)12-6-11-9;;;;/h2*4-5,7-8H,6H2,1-3H3;4-7H,1-3H3;5*3-8H,1-2H3;3-5,7H,1-2H3;3*1H4;/q;;;;;;;;-1;;;;. The van der Waals surface area contributed by atoms with Crippen molar-refractivity contribution in [3.8, 4) is 0 Å². The molecule has 9 aromatic heterocycles. The third-order valence-electron chi connectivity index (χ3n) is 19.9. The molecule has 18 rings (SSSR count). The van der Waals surface area contributed by atoms with Crippen LogP contribution in [0, 0.1) is 12.4 Å². The minimum atomic E-state index is 0. The Morgan fingerprint density at radius 3 is 1.19 bits per heavy atom. The van der Waals surface area contributed by atoms with Crippen LogP contribution in [0.3, 0.4) is 0 Å². The van der Waals surface area contributed by atoms with Gasteiger partial charge in [-0.3, -0.25) is 20.9 Å². The van der Waals surface area contributed by atoms with Gasteiger partial charge in [-0.15, -0.1) is 34.8 Å². The summed E-state index contributed by atoms with van der Waals surface area (Å²) in [6, 6.07) is 67.3. The van der Waals surface area contributed by atoms with Crippen molar-refractivity contribution in [2.45, 2.75) is 234 Å². The molecule has 0 aliphatic heterocycles. The van der Waals surface area contributed by atoms with E-state index in [2.05, 4.69) is 295 Å². The number of thiazole rings is 2. The Kier molecular flexibility index (Phi) is 39.0. The van der Waals surface area contributed by atoms with E-state index in [0.717, 1.165) is 66.5 Å². The van der Waals surface area contributed by atoms with E-state index in [1.807, 2.05) is 72.9 Å². The maximum Gasteiger partial charge on any atom is 0.202 e. The molecule has 0 aliphatic rings. The van der Waals surface area contributed by atoms with E-state index in [1.165, 1.54) is 98.0 Å². The third kappa shape index (κ3) is 28.7. The zero-order chi connectivity index (χ0) is 84.1. The Hall–Kier alpha value is -10.2. The van der Waals surface area contributed by atoms with Gasteiger partial charge in [-0.2, -0.15) is 0 Å². The quantitative estimate of drug-likeness (QED) is 0.100. The summed E-state index contributed by atoms with van der Waals surface area (Å²) in [4.78, 5) is 39.2. The number of ketones is 2. The first-order valence-corrected chi connectivity index (χ1v) is 43.2. The largest absolute Gasteiger partial charge is 0.464 e. The molecule has 12 nitrogen and oxygen atoms in total. The molecular weight excluding hydrogens is 1730 g/mol. The Labute approximate surface area is 744 Å². The number of benzene rings is 9. The summed E-state index contributed by atoms with van der Waals surface area (Å²) in [5, 5.41) is 9.17. The minimum absolute atomic E-state index is 0.